The van der Waals surface area contributed by atoms with Crippen molar-refractivity contribution in [2.45, 2.75) is 19.6 Å². The van der Waals surface area contributed by atoms with Crippen LogP contribution in [0.5, 0.6) is 0 Å². The molecule has 3 rings (SSSR count). The van der Waals surface area contributed by atoms with E-state index in [2.05, 4.69) is 4.98 Å². The number of pyridine rings is 1. The maximum Gasteiger partial charge on any atom is 0.223 e. The molecule has 0 aliphatic carbocycles. The first kappa shape index (κ1) is 18.4. The average molecular weight is 393 g/mol. The van der Waals surface area contributed by atoms with Gasteiger partial charge in [-0.15, -0.1) is 0 Å². The standard InChI is InChI=1S/C18H17ClN2O4S/c1-10-6-7-13(14(19)16(10)21(3)11(2)22)18-17(23)15-12(5-4-8-20-15)9-26(18,24)25/h4-8,23H,9H2,1-3H3. The van der Waals surface area contributed by atoms with Crippen molar-refractivity contribution in [2.24, 2.45) is 0 Å². The highest BCUT2D eigenvalue weighted by atomic mass is 35.5. The molecule has 0 bridgehead atoms. The predicted molar refractivity (Wildman–Crippen MR) is 102 cm³/mol. The molecule has 2 heterocycles. The van der Waals surface area contributed by atoms with Gasteiger partial charge in [-0.25, -0.2) is 8.42 Å². The van der Waals surface area contributed by atoms with E-state index in [-0.39, 0.29) is 32.8 Å². The van der Waals surface area contributed by atoms with E-state index in [1.165, 1.54) is 24.1 Å². The van der Waals surface area contributed by atoms with Gasteiger partial charge in [-0.05, 0) is 24.1 Å². The van der Waals surface area contributed by atoms with E-state index in [1.54, 1.807) is 32.2 Å². The summed E-state index contributed by atoms with van der Waals surface area (Å²) in [6.07, 6.45) is 1.48. The van der Waals surface area contributed by atoms with Crippen molar-refractivity contribution in [2.75, 3.05) is 11.9 Å². The SMILES string of the molecule is CC(=O)N(C)c1c(C)ccc(C2=C(O)c3ncccc3CS2(=O)=O)c1Cl. The van der Waals surface area contributed by atoms with Crippen molar-refractivity contribution in [3.05, 3.63) is 57.9 Å². The van der Waals surface area contributed by atoms with Crippen LogP contribution in [0.1, 0.15) is 29.3 Å². The van der Waals surface area contributed by atoms with Crippen LogP contribution in [-0.2, 0) is 20.4 Å². The number of anilines is 1. The molecule has 1 aliphatic heterocycles. The van der Waals surface area contributed by atoms with E-state index in [1.807, 2.05) is 0 Å². The van der Waals surface area contributed by atoms with Gasteiger partial charge in [0.25, 0.3) is 0 Å². The van der Waals surface area contributed by atoms with Gasteiger partial charge in [-0.2, -0.15) is 0 Å². The molecule has 6 nitrogen and oxygen atoms in total. The van der Waals surface area contributed by atoms with Gasteiger partial charge in [0, 0.05) is 25.7 Å². The van der Waals surface area contributed by atoms with Crippen LogP contribution in [-0.4, -0.2) is 31.5 Å². The summed E-state index contributed by atoms with van der Waals surface area (Å²) in [6.45, 7) is 3.15. The number of aliphatic hydroxyl groups excluding tert-OH is 1. The van der Waals surface area contributed by atoms with Crippen LogP contribution in [0.3, 0.4) is 0 Å². The number of amides is 1. The van der Waals surface area contributed by atoms with E-state index >= 15 is 0 Å². The molecule has 1 amide bonds. The number of halogens is 1. The second-order valence-electron chi connectivity index (χ2n) is 6.12. The molecule has 0 unspecified atom stereocenters. The molecule has 1 N–H and O–H groups in total. The Bertz CT molecular complexity index is 1060. The Morgan fingerprint density at radius 2 is 2.00 bits per heavy atom. The van der Waals surface area contributed by atoms with Crippen molar-refractivity contribution in [3.63, 3.8) is 0 Å². The van der Waals surface area contributed by atoms with Gasteiger partial charge in [-0.3, -0.25) is 9.78 Å². The molecule has 0 saturated carbocycles. The van der Waals surface area contributed by atoms with E-state index in [0.717, 1.165) is 0 Å². The van der Waals surface area contributed by atoms with E-state index < -0.39 is 15.6 Å². The Morgan fingerprint density at radius 1 is 1.31 bits per heavy atom. The molecule has 0 atom stereocenters. The molecule has 1 aliphatic rings. The second-order valence-corrected chi connectivity index (χ2v) is 8.42. The summed E-state index contributed by atoms with van der Waals surface area (Å²) in [5.41, 5.74) is 1.91. The van der Waals surface area contributed by atoms with Crippen LogP contribution in [0, 0.1) is 6.92 Å². The molecule has 8 heteroatoms. The summed E-state index contributed by atoms with van der Waals surface area (Å²) in [4.78, 5) is 16.9. The maximum atomic E-state index is 12.8. The summed E-state index contributed by atoms with van der Waals surface area (Å²) >= 11 is 6.48. The molecule has 26 heavy (non-hydrogen) atoms. The Hall–Kier alpha value is -2.38. The van der Waals surface area contributed by atoms with Crippen LogP contribution < -0.4 is 4.90 Å². The van der Waals surface area contributed by atoms with Crippen molar-refractivity contribution in [3.8, 4) is 0 Å². The normalized spacial score (nSPS) is 15.5. The lowest BCUT2D eigenvalue weighted by molar-refractivity contribution is -0.116. The first-order valence-electron chi connectivity index (χ1n) is 7.79. The number of aliphatic hydroxyl groups is 1. The summed E-state index contributed by atoms with van der Waals surface area (Å²) < 4.78 is 25.6. The second kappa shape index (κ2) is 6.41. The fraction of sp³-hybridized carbons (Fsp3) is 0.222. The Kier molecular flexibility index (Phi) is 4.54. The molecule has 2 aromatic rings. The Morgan fingerprint density at radius 3 is 2.65 bits per heavy atom. The molecule has 1 aromatic carbocycles. The molecular formula is C18H17ClN2O4S. The summed E-state index contributed by atoms with van der Waals surface area (Å²) in [6, 6.07) is 6.43. The third kappa shape index (κ3) is 2.87. The summed E-state index contributed by atoms with van der Waals surface area (Å²) in [7, 11) is -2.28. The van der Waals surface area contributed by atoms with Gasteiger partial charge >= 0.3 is 0 Å². The largest absolute Gasteiger partial charge is 0.504 e. The Labute approximate surface area is 156 Å². The highest BCUT2D eigenvalue weighted by molar-refractivity contribution is 8.00. The lowest BCUT2D eigenvalue weighted by Gasteiger charge is -2.24. The number of sulfone groups is 1. The summed E-state index contributed by atoms with van der Waals surface area (Å²) in [5, 5.41) is 10.7. The zero-order valence-electron chi connectivity index (χ0n) is 14.4. The van der Waals surface area contributed by atoms with Gasteiger partial charge in [0.05, 0.1) is 16.5 Å². The number of carbonyl (C=O) groups is 1. The van der Waals surface area contributed by atoms with E-state index in [4.69, 9.17) is 11.6 Å². The fourth-order valence-electron chi connectivity index (χ4n) is 3.00. The number of aromatic nitrogens is 1. The minimum atomic E-state index is -3.84. The summed E-state index contributed by atoms with van der Waals surface area (Å²) in [5.74, 6) is -0.963. The van der Waals surface area contributed by atoms with Gasteiger partial charge in [0.15, 0.2) is 15.6 Å². The Balaban J connectivity index is 2.33. The molecule has 0 radical (unpaired) electrons. The monoisotopic (exact) mass is 392 g/mol. The topological polar surface area (TPSA) is 87.6 Å². The van der Waals surface area contributed by atoms with Gasteiger partial charge in [0.1, 0.15) is 10.6 Å². The highest BCUT2D eigenvalue weighted by Crippen LogP contribution is 2.43. The number of aryl methyl sites for hydroxylation is 1. The molecule has 0 saturated heterocycles. The lowest BCUT2D eigenvalue weighted by Crippen LogP contribution is -2.24. The van der Waals surface area contributed by atoms with Crippen molar-refractivity contribution in [1.29, 1.82) is 0 Å². The minimum absolute atomic E-state index is 0.0900. The molecular weight excluding hydrogens is 376 g/mol. The number of nitrogens with zero attached hydrogens (tertiary/aromatic N) is 2. The van der Waals surface area contributed by atoms with Gasteiger partial charge in [0.2, 0.25) is 5.91 Å². The zero-order chi connectivity index (χ0) is 19.2. The van der Waals surface area contributed by atoms with E-state index in [9.17, 15) is 18.3 Å². The maximum absolute atomic E-state index is 12.8. The first-order chi connectivity index (χ1) is 12.1. The highest BCUT2D eigenvalue weighted by Gasteiger charge is 2.35. The van der Waals surface area contributed by atoms with E-state index in [0.29, 0.717) is 16.8 Å². The van der Waals surface area contributed by atoms with Crippen molar-refractivity contribution < 1.29 is 18.3 Å². The molecule has 0 fully saturated rings. The molecule has 136 valence electrons. The fourth-order valence-corrected chi connectivity index (χ4v) is 5.17. The number of hydrogen-bond donors (Lipinski definition) is 1. The predicted octanol–water partition coefficient (Wildman–Crippen LogP) is 3.34. The van der Waals surface area contributed by atoms with Crippen LogP contribution in [0.15, 0.2) is 30.5 Å². The quantitative estimate of drug-likeness (QED) is 0.846. The number of fused-ring (bicyclic) bond motifs is 1. The number of rotatable bonds is 2. The third-order valence-corrected chi connectivity index (χ3v) is 6.47. The molecule has 0 spiro atoms. The average Bonchev–Trinajstić information content (AvgIpc) is 2.56. The smallest absolute Gasteiger partial charge is 0.223 e. The molecule has 1 aromatic heterocycles. The minimum Gasteiger partial charge on any atom is -0.504 e. The number of hydrogen-bond acceptors (Lipinski definition) is 5. The van der Waals surface area contributed by atoms with Crippen LogP contribution in [0.2, 0.25) is 5.02 Å². The van der Waals surface area contributed by atoms with Gasteiger partial charge < -0.3 is 10.0 Å². The third-order valence-electron chi connectivity index (χ3n) is 4.36. The van der Waals surface area contributed by atoms with Crippen LogP contribution >= 0.6 is 11.6 Å². The zero-order valence-corrected chi connectivity index (χ0v) is 16.0. The number of benzene rings is 1. The van der Waals surface area contributed by atoms with Crippen LogP contribution in [0.4, 0.5) is 5.69 Å². The van der Waals surface area contributed by atoms with Gasteiger partial charge in [-0.1, -0.05) is 29.8 Å². The first-order valence-corrected chi connectivity index (χ1v) is 9.82. The number of carbonyl (C=O) groups excluding carboxylic acids is 1. The van der Waals surface area contributed by atoms with Crippen molar-refractivity contribution >= 4 is 43.7 Å². The van der Waals surface area contributed by atoms with Crippen molar-refractivity contribution in [1.82, 2.24) is 4.98 Å². The lowest BCUT2D eigenvalue weighted by atomic mass is 10.1. The van der Waals surface area contributed by atoms with Crippen LogP contribution in [0.25, 0.3) is 10.7 Å².